The lowest BCUT2D eigenvalue weighted by Gasteiger charge is -2.18. The summed E-state index contributed by atoms with van der Waals surface area (Å²) in [7, 11) is 0. The molecule has 0 saturated heterocycles. The van der Waals surface area contributed by atoms with Gasteiger partial charge in [0.15, 0.2) is 6.10 Å². The van der Waals surface area contributed by atoms with Crippen molar-refractivity contribution in [3.05, 3.63) is 85.1 Å². The van der Waals surface area contributed by atoms with Gasteiger partial charge in [-0.05, 0) is 116 Å². The van der Waals surface area contributed by atoms with Crippen LogP contribution in [-0.2, 0) is 23.8 Å². The molecule has 0 spiro atoms. The van der Waals surface area contributed by atoms with Crippen molar-refractivity contribution in [1.82, 2.24) is 0 Å². The minimum absolute atomic E-state index is 0.0642. The molecule has 0 N–H and O–H groups in total. The summed E-state index contributed by atoms with van der Waals surface area (Å²) >= 11 is 0. The molecule has 0 fully saturated rings. The fraction of sp³-hybridized carbons (Fsp3) is 0.738. The highest BCUT2D eigenvalue weighted by molar-refractivity contribution is 5.70. The van der Waals surface area contributed by atoms with Gasteiger partial charge in [0.25, 0.3) is 0 Å². The molecule has 0 aromatic heterocycles. The summed E-state index contributed by atoms with van der Waals surface area (Å²) < 4.78 is 17.4. The van der Waals surface area contributed by atoms with Gasteiger partial charge in [0.2, 0.25) is 0 Å². The number of hydrogen-bond donors (Lipinski definition) is 0. The Morgan fingerprint density at radius 3 is 1.14 bits per heavy atom. The van der Waals surface area contributed by atoms with Gasteiger partial charge < -0.3 is 14.2 Å². The summed E-state index contributed by atoms with van der Waals surface area (Å²) in [5.41, 5.74) is 0. The highest BCUT2D eigenvalue weighted by Gasteiger charge is 2.17. The van der Waals surface area contributed by atoms with Crippen molar-refractivity contribution in [3.63, 3.8) is 0 Å². The van der Waals surface area contributed by atoms with Crippen molar-refractivity contribution in [2.45, 2.75) is 271 Å². The van der Waals surface area contributed by atoms with Crippen LogP contribution >= 0.6 is 0 Å². The molecule has 0 saturated carbocycles. The number of rotatable bonds is 51. The molecule has 5 heteroatoms. The molecule has 0 aromatic rings. The molecule has 66 heavy (non-hydrogen) atoms. The summed E-state index contributed by atoms with van der Waals surface area (Å²) in [4.78, 5) is 25.5. The Labute approximate surface area is 409 Å². The predicted molar refractivity (Wildman–Crippen MR) is 288 cm³/mol. The summed E-state index contributed by atoms with van der Waals surface area (Å²) in [6.07, 6.45) is 74.5. The summed E-state index contributed by atoms with van der Waals surface area (Å²) in [6.45, 7) is 7.66. The standard InChI is InChI=1S/C61H106O5/c1-4-7-10-13-16-19-22-25-28-30-32-35-38-41-44-47-50-53-56-64-57-59(66-61(63)55-52-49-46-43-40-37-33-27-24-21-18-15-12-9-6-3)58-65-60(62)54-51-48-45-42-39-36-34-31-29-26-23-20-17-14-11-8-5-2/h8,11,16-17,19-20,25-29,33-34,36,59H,4-7,9-10,12-15,18,21-24,30-32,35,37-58H2,1-3H3/b11-8-,19-16-,20-17-,28-25-,29-26-,33-27-,36-34-. The second-order valence-electron chi connectivity index (χ2n) is 18.4. The van der Waals surface area contributed by atoms with Gasteiger partial charge in [-0.3, -0.25) is 9.59 Å². The number of hydrogen-bond acceptors (Lipinski definition) is 5. The first-order chi connectivity index (χ1) is 32.6. The molecule has 0 aliphatic carbocycles. The zero-order chi connectivity index (χ0) is 47.7. The van der Waals surface area contributed by atoms with Gasteiger partial charge in [-0.25, -0.2) is 0 Å². The van der Waals surface area contributed by atoms with E-state index in [1.807, 2.05) is 0 Å². The Morgan fingerprint density at radius 1 is 0.348 bits per heavy atom. The molecule has 5 nitrogen and oxygen atoms in total. The molecule has 0 amide bonds. The highest BCUT2D eigenvalue weighted by atomic mass is 16.6. The number of carbonyl (C=O) groups excluding carboxylic acids is 2. The Balaban J connectivity index is 4.34. The van der Waals surface area contributed by atoms with Crippen LogP contribution in [0, 0.1) is 0 Å². The average Bonchev–Trinajstić information content (AvgIpc) is 3.32. The maximum atomic E-state index is 12.8. The monoisotopic (exact) mass is 919 g/mol. The molecule has 0 bridgehead atoms. The van der Waals surface area contributed by atoms with Crippen molar-refractivity contribution in [3.8, 4) is 0 Å². The lowest BCUT2D eigenvalue weighted by molar-refractivity contribution is -0.163. The van der Waals surface area contributed by atoms with E-state index in [2.05, 4.69) is 106 Å². The number of ether oxygens (including phenoxy) is 3. The van der Waals surface area contributed by atoms with E-state index in [4.69, 9.17) is 14.2 Å². The fourth-order valence-corrected chi connectivity index (χ4v) is 7.70. The van der Waals surface area contributed by atoms with Crippen LogP contribution in [0.2, 0.25) is 0 Å². The zero-order valence-corrected chi connectivity index (χ0v) is 43.7. The third-order valence-corrected chi connectivity index (χ3v) is 11.9. The largest absolute Gasteiger partial charge is 0.462 e. The highest BCUT2D eigenvalue weighted by Crippen LogP contribution is 2.14. The van der Waals surface area contributed by atoms with Crippen LogP contribution in [0.25, 0.3) is 0 Å². The van der Waals surface area contributed by atoms with Crippen molar-refractivity contribution < 1.29 is 23.8 Å². The lowest BCUT2D eigenvalue weighted by atomic mass is 10.1. The van der Waals surface area contributed by atoms with Crippen LogP contribution in [-0.4, -0.2) is 37.9 Å². The summed E-state index contributed by atoms with van der Waals surface area (Å²) in [5.74, 6) is -0.434. The third kappa shape index (κ3) is 53.7. The van der Waals surface area contributed by atoms with Gasteiger partial charge in [0, 0.05) is 19.4 Å². The van der Waals surface area contributed by atoms with E-state index in [0.29, 0.717) is 19.4 Å². The van der Waals surface area contributed by atoms with Crippen LogP contribution in [0.3, 0.4) is 0 Å². The van der Waals surface area contributed by atoms with Gasteiger partial charge in [-0.15, -0.1) is 0 Å². The van der Waals surface area contributed by atoms with E-state index in [9.17, 15) is 9.59 Å². The van der Waals surface area contributed by atoms with E-state index in [1.165, 1.54) is 128 Å². The van der Waals surface area contributed by atoms with E-state index in [-0.39, 0.29) is 25.2 Å². The van der Waals surface area contributed by atoms with E-state index < -0.39 is 6.10 Å². The van der Waals surface area contributed by atoms with Crippen LogP contribution in [0.1, 0.15) is 265 Å². The molecule has 1 atom stereocenters. The number of unbranched alkanes of at least 4 members (excludes halogenated alkanes) is 26. The number of esters is 2. The van der Waals surface area contributed by atoms with Crippen LogP contribution < -0.4 is 0 Å². The van der Waals surface area contributed by atoms with E-state index in [0.717, 1.165) is 103 Å². The van der Waals surface area contributed by atoms with Crippen molar-refractivity contribution in [2.75, 3.05) is 19.8 Å². The van der Waals surface area contributed by atoms with Gasteiger partial charge in [-0.1, -0.05) is 221 Å². The summed E-state index contributed by atoms with van der Waals surface area (Å²) in [5, 5.41) is 0. The van der Waals surface area contributed by atoms with Crippen molar-refractivity contribution in [2.24, 2.45) is 0 Å². The Kier molecular flexibility index (Phi) is 53.9. The maximum absolute atomic E-state index is 12.8. The van der Waals surface area contributed by atoms with Crippen molar-refractivity contribution >= 4 is 11.9 Å². The molecule has 380 valence electrons. The van der Waals surface area contributed by atoms with E-state index in [1.54, 1.807) is 0 Å². The predicted octanol–water partition coefficient (Wildman–Crippen LogP) is 19.2. The van der Waals surface area contributed by atoms with Crippen molar-refractivity contribution in [1.29, 1.82) is 0 Å². The SMILES string of the molecule is CC/C=C\C/C=C\C/C=C\C/C=C\CCCCCCC(=O)OCC(COCCCCCCCCCC/C=C\C/C=C\CCCCC)OC(=O)CCCCCCC/C=C\CCCCCCCC. The minimum atomic E-state index is -0.558. The first-order valence-corrected chi connectivity index (χ1v) is 28.1. The maximum Gasteiger partial charge on any atom is 0.306 e. The van der Waals surface area contributed by atoms with Gasteiger partial charge in [0.1, 0.15) is 6.61 Å². The minimum Gasteiger partial charge on any atom is -0.462 e. The Morgan fingerprint density at radius 2 is 0.682 bits per heavy atom. The molecule has 0 rings (SSSR count). The van der Waals surface area contributed by atoms with Gasteiger partial charge in [-0.2, -0.15) is 0 Å². The number of allylic oxidation sites excluding steroid dienone is 14. The first kappa shape index (κ1) is 63.1. The molecular weight excluding hydrogens is 813 g/mol. The topological polar surface area (TPSA) is 61.8 Å². The van der Waals surface area contributed by atoms with Gasteiger partial charge >= 0.3 is 11.9 Å². The normalized spacial score (nSPS) is 12.8. The first-order valence-electron chi connectivity index (χ1n) is 28.1. The molecule has 0 aliphatic rings. The van der Waals surface area contributed by atoms with Gasteiger partial charge in [0.05, 0.1) is 6.61 Å². The zero-order valence-electron chi connectivity index (χ0n) is 43.7. The smallest absolute Gasteiger partial charge is 0.306 e. The Bertz CT molecular complexity index is 1220. The number of carbonyl (C=O) groups is 2. The average molecular weight is 920 g/mol. The fourth-order valence-electron chi connectivity index (χ4n) is 7.70. The van der Waals surface area contributed by atoms with E-state index >= 15 is 0 Å². The molecular formula is C61H106O5. The quantitative estimate of drug-likeness (QED) is 0.0346. The molecule has 0 aliphatic heterocycles. The van der Waals surface area contributed by atoms with Crippen LogP contribution in [0.5, 0.6) is 0 Å². The molecule has 1 unspecified atom stereocenters. The second-order valence-corrected chi connectivity index (χ2v) is 18.4. The lowest BCUT2D eigenvalue weighted by Crippen LogP contribution is -2.30. The summed E-state index contributed by atoms with van der Waals surface area (Å²) in [6, 6.07) is 0. The second kappa shape index (κ2) is 56.4. The Hall–Kier alpha value is -2.92. The molecule has 0 aromatic carbocycles. The molecule has 0 radical (unpaired) electrons. The molecule has 0 heterocycles. The van der Waals surface area contributed by atoms with Crippen LogP contribution in [0.4, 0.5) is 0 Å². The third-order valence-electron chi connectivity index (χ3n) is 11.9. The van der Waals surface area contributed by atoms with Crippen LogP contribution in [0.15, 0.2) is 85.1 Å².